The lowest BCUT2D eigenvalue weighted by Crippen LogP contribution is -2.01. The van der Waals surface area contributed by atoms with Crippen LogP contribution in [0.15, 0.2) is 34.9 Å². The second-order valence-electron chi connectivity index (χ2n) is 6.13. The minimum atomic E-state index is -0.705. The van der Waals surface area contributed by atoms with Crippen molar-refractivity contribution in [1.29, 1.82) is 0 Å². The third kappa shape index (κ3) is 2.89. The Bertz CT molecular complexity index is 889. The summed E-state index contributed by atoms with van der Waals surface area (Å²) < 4.78 is 8.67. The lowest BCUT2D eigenvalue weighted by molar-refractivity contribution is 0.190. The highest BCUT2D eigenvalue weighted by Gasteiger charge is 2.24. The first-order chi connectivity index (χ1) is 11.6. The number of pyridine rings is 1. The lowest BCUT2D eigenvalue weighted by Gasteiger charge is -2.13. The molecule has 1 saturated carbocycles. The summed E-state index contributed by atoms with van der Waals surface area (Å²) in [5.41, 5.74) is 2.26. The summed E-state index contributed by atoms with van der Waals surface area (Å²) in [5, 5.41) is 18.4. The van der Waals surface area contributed by atoms with Crippen LogP contribution in [0.3, 0.4) is 0 Å². The van der Waals surface area contributed by atoms with E-state index in [0.717, 1.165) is 28.0 Å². The van der Waals surface area contributed by atoms with Gasteiger partial charge in [0.2, 0.25) is 0 Å². The molecule has 0 saturated heterocycles. The van der Waals surface area contributed by atoms with Gasteiger partial charge in [-0.2, -0.15) is 0 Å². The van der Waals surface area contributed by atoms with Crippen molar-refractivity contribution in [3.05, 3.63) is 40.6 Å². The summed E-state index contributed by atoms with van der Waals surface area (Å²) in [7, 11) is 0. The van der Waals surface area contributed by atoms with Crippen molar-refractivity contribution in [3.8, 4) is 11.5 Å². The van der Waals surface area contributed by atoms with Gasteiger partial charge in [-0.15, -0.1) is 5.10 Å². The molecule has 1 aliphatic carbocycles. The SMILES string of the molecule is CC(O)c1ncccc1Oc1ccc2c(nnn2CC2CC2)c1Br. The fourth-order valence-corrected chi connectivity index (χ4v) is 3.16. The number of aliphatic hydroxyl groups is 1. The van der Waals surface area contributed by atoms with Crippen molar-refractivity contribution in [1.82, 2.24) is 20.0 Å². The molecule has 1 aliphatic rings. The van der Waals surface area contributed by atoms with Crippen LogP contribution in [0.5, 0.6) is 11.5 Å². The molecule has 0 bridgehead atoms. The van der Waals surface area contributed by atoms with Crippen molar-refractivity contribution >= 4 is 27.0 Å². The summed E-state index contributed by atoms with van der Waals surface area (Å²) in [6, 6.07) is 7.42. The van der Waals surface area contributed by atoms with Crippen LogP contribution in [0.2, 0.25) is 0 Å². The van der Waals surface area contributed by atoms with Gasteiger partial charge in [-0.1, -0.05) is 5.21 Å². The number of hydrogen-bond donors (Lipinski definition) is 1. The molecule has 124 valence electrons. The molecule has 7 heteroatoms. The average Bonchev–Trinajstić information content (AvgIpc) is 3.29. The molecule has 6 nitrogen and oxygen atoms in total. The predicted octanol–water partition coefficient (Wildman–Crippen LogP) is 3.84. The minimum Gasteiger partial charge on any atom is -0.454 e. The molecule has 1 unspecified atom stereocenters. The van der Waals surface area contributed by atoms with Gasteiger partial charge in [0, 0.05) is 12.7 Å². The van der Waals surface area contributed by atoms with Crippen molar-refractivity contribution in [2.75, 3.05) is 0 Å². The predicted molar refractivity (Wildman–Crippen MR) is 92.9 cm³/mol. The zero-order valence-corrected chi connectivity index (χ0v) is 14.8. The Hall–Kier alpha value is -1.99. The topological polar surface area (TPSA) is 73.1 Å². The molecule has 24 heavy (non-hydrogen) atoms. The van der Waals surface area contributed by atoms with Crippen LogP contribution in [0.1, 0.15) is 31.6 Å². The Balaban J connectivity index is 1.69. The van der Waals surface area contributed by atoms with Crippen LogP contribution in [0.4, 0.5) is 0 Å². The molecular weight excluding hydrogens is 372 g/mol. The van der Waals surface area contributed by atoms with Gasteiger partial charge in [-0.25, -0.2) is 4.68 Å². The average molecular weight is 389 g/mol. The number of aromatic nitrogens is 4. The quantitative estimate of drug-likeness (QED) is 0.718. The van der Waals surface area contributed by atoms with Gasteiger partial charge in [0.05, 0.1) is 16.1 Å². The van der Waals surface area contributed by atoms with E-state index in [0.29, 0.717) is 17.2 Å². The van der Waals surface area contributed by atoms with Gasteiger partial charge in [0.15, 0.2) is 5.75 Å². The Kier molecular flexibility index (Phi) is 3.97. The minimum absolute atomic E-state index is 0.502. The summed E-state index contributed by atoms with van der Waals surface area (Å²) in [5.74, 6) is 1.88. The first-order valence-electron chi connectivity index (χ1n) is 7.96. The molecule has 1 atom stereocenters. The van der Waals surface area contributed by atoms with Crippen molar-refractivity contribution < 1.29 is 9.84 Å². The number of aliphatic hydroxyl groups excluding tert-OH is 1. The third-order valence-corrected chi connectivity index (χ3v) is 4.90. The second kappa shape index (κ2) is 6.14. The van der Waals surface area contributed by atoms with E-state index < -0.39 is 6.10 Å². The van der Waals surface area contributed by atoms with Gasteiger partial charge < -0.3 is 9.84 Å². The first kappa shape index (κ1) is 15.5. The van der Waals surface area contributed by atoms with E-state index in [4.69, 9.17) is 4.74 Å². The van der Waals surface area contributed by atoms with Crippen LogP contribution in [-0.2, 0) is 6.54 Å². The van der Waals surface area contributed by atoms with E-state index in [2.05, 4.69) is 31.2 Å². The van der Waals surface area contributed by atoms with E-state index in [-0.39, 0.29) is 0 Å². The van der Waals surface area contributed by atoms with E-state index in [1.54, 1.807) is 25.3 Å². The number of ether oxygens (including phenoxy) is 1. The van der Waals surface area contributed by atoms with Gasteiger partial charge in [-0.05, 0) is 65.9 Å². The summed E-state index contributed by atoms with van der Waals surface area (Å²) in [6.07, 6.45) is 3.47. The largest absolute Gasteiger partial charge is 0.454 e. The van der Waals surface area contributed by atoms with Gasteiger partial charge >= 0.3 is 0 Å². The zero-order valence-electron chi connectivity index (χ0n) is 13.2. The highest BCUT2D eigenvalue weighted by molar-refractivity contribution is 9.10. The number of halogens is 1. The lowest BCUT2D eigenvalue weighted by atomic mass is 10.2. The molecule has 0 spiro atoms. The zero-order chi connectivity index (χ0) is 16.7. The number of hydrogen-bond acceptors (Lipinski definition) is 5. The molecule has 1 N–H and O–H groups in total. The number of nitrogens with zero attached hydrogens (tertiary/aromatic N) is 4. The van der Waals surface area contributed by atoms with Crippen LogP contribution >= 0.6 is 15.9 Å². The van der Waals surface area contributed by atoms with Crippen LogP contribution in [-0.4, -0.2) is 25.1 Å². The Labute approximate surface area is 147 Å². The Morgan fingerprint density at radius 2 is 2.17 bits per heavy atom. The Morgan fingerprint density at radius 3 is 2.92 bits per heavy atom. The molecule has 1 aromatic carbocycles. The van der Waals surface area contributed by atoms with Crippen LogP contribution < -0.4 is 4.74 Å². The van der Waals surface area contributed by atoms with E-state index in [1.807, 2.05) is 16.8 Å². The van der Waals surface area contributed by atoms with E-state index in [1.165, 1.54) is 12.8 Å². The molecule has 4 rings (SSSR count). The first-order valence-corrected chi connectivity index (χ1v) is 8.75. The van der Waals surface area contributed by atoms with Crippen molar-refractivity contribution in [2.24, 2.45) is 5.92 Å². The normalized spacial score (nSPS) is 15.6. The molecule has 1 fully saturated rings. The van der Waals surface area contributed by atoms with E-state index >= 15 is 0 Å². The summed E-state index contributed by atoms with van der Waals surface area (Å²) in [4.78, 5) is 4.19. The van der Waals surface area contributed by atoms with Gasteiger partial charge in [0.1, 0.15) is 17.0 Å². The van der Waals surface area contributed by atoms with Gasteiger partial charge in [0.25, 0.3) is 0 Å². The number of benzene rings is 1. The maximum atomic E-state index is 9.84. The molecule has 3 aromatic rings. The fourth-order valence-electron chi connectivity index (χ4n) is 2.67. The monoisotopic (exact) mass is 388 g/mol. The van der Waals surface area contributed by atoms with E-state index in [9.17, 15) is 5.11 Å². The van der Waals surface area contributed by atoms with Crippen molar-refractivity contribution in [3.63, 3.8) is 0 Å². The second-order valence-corrected chi connectivity index (χ2v) is 6.92. The van der Waals surface area contributed by atoms with Crippen molar-refractivity contribution in [2.45, 2.75) is 32.4 Å². The highest BCUT2D eigenvalue weighted by atomic mass is 79.9. The van der Waals surface area contributed by atoms with Gasteiger partial charge in [-0.3, -0.25) is 4.98 Å². The molecule has 2 heterocycles. The molecule has 0 aliphatic heterocycles. The molecule has 0 amide bonds. The number of fused-ring (bicyclic) bond motifs is 1. The van der Waals surface area contributed by atoms with Crippen LogP contribution in [0.25, 0.3) is 11.0 Å². The summed E-state index contributed by atoms with van der Waals surface area (Å²) in [6.45, 7) is 2.58. The van der Waals surface area contributed by atoms with Crippen LogP contribution in [0, 0.1) is 5.92 Å². The smallest absolute Gasteiger partial charge is 0.151 e. The highest BCUT2D eigenvalue weighted by Crippen LogP contribution is 2.37. The molecule has 0 radical (unpaired) electrons. The Morgan fingerprint density at radius 1 is 1.33 bits per heavy atom. The standard InChI is InChI=1S/C17H17BrN4O2/c1-10(23)16-14(3-2-8-19-16)24-13-7-6-12-17(15(13)18)20-21-22(12)9-11-4-5-11/h2-3,6-8,10-11,23H,4-5,9H2,1H3. The maximum absolute atomic E-state index is 9.84. The molecular formula is C17H17BrN4O2. The fraction of sp³-hybridized carbons (Fsp3) is 0.353. The third-order valence-electron chi connectivity index (χ3n) is 4.13. The number of rotatable bonds is 5. The maximum Gasteiger partial charge on any atom is 0.151 e. The summed E-state index contributed by atoms with van der Waals surface area (Å²) >= 11 is 3.57. The molecule has 2 aromatic heterocycles.